The number of aliphatic hydroxyl groups excluding tert-OH is 1. The summed E-state index contributed by atoms with van der Waals surface area (Å²) >= 11 is 4.87. The Hall–Kier alpha value is -1.86. The van der Waals surface area contributed by atoms with E-state index in [0.29, 0.717) is 23.6 Å². The Morgan fingerprint density at radius 1 is 1.53 bits per heavy atom. The quantitative estimate of drug-likeness (QED) is 0.602. The van der Waals surface area contributed by atoms with Gasteiger partial charge in [0, 0.05) is 24.7 Å². The molecule has 0 amide bonds. The second kappa shape index (κ2) is 6.35. The lowest BCUT2D eigenvalue weighted by atomic mass is 10.2. The zero-order chi connectivity index (χ0) is 13.7. The van der Waals surface area contributed by atoms with Crippen molar-refractivity contribution in [3.63, 3.8) is 0 Å². The molecule has 1 aromatic carbocycles. The topological polar surface area (TPSA) is 86.0 Å². The van der Waals surface area contributed by atoms with Crippen LogP contribution in [0.5, 0.6) is 5.75 Å². The van der Waals surface area contributed by atoms with E-state index in [-0.39, 0.29) is 0 Å². The van der Waals surface area contributed by atoms with E-state index in [1.807, 2.05) is 24.3 Å². The fourth-order valence-electron chi connectivity index (χ4n) is 1.67. The molecule has 19 heavy (non-hydrogen) atoms. The van der Waals surface area contributed by atoms with Gasteiger partial charge in [-0.2, -0.15) is 5.10 Å². The van der Waals surface area contributed by atoms with Crippen LogP contribution in [0.25, 0.3) is 0 Å². The minimum absolute atomic E-state index is 0.407. The second-order valence-electron chi connectivity index (χ2n) is 4.10. The molecule has 0 aliphatic rings. The lowest BCUT2D eigenvalue weighted by Gasteiger charge is -2.12. The molecule has 7 heteroatoms. The van der Waals surface area contributed by atoms with Crippen LogP contribution in [-0.4, -0.2) is 40.0 Å². The van der Waals surface area contributed by atoms with Crippen molar-refractivity contribution in [3.8, 4) is 5.75 Å². The van der Waals surface area contributed by atoms with Gasteiger partial charge in [-0.25, -0.2) is 0 Å². The Kier molecular flexibility index (Phi) is 4.53. The number of nitrogens with zero attached hydrogens (tertiary/aromatic N) is 1. The van der Waals surface area contributed by atoms with Crippen LogP contribution in [0.4, 0.5) is 5.69 Å². The first-order valence-electron chi connectivity index (χ1n) is 5.87. The number of aliphatic hydroxyl groups is 1. The van der Waals surface area contributed by atoms with E-state index in [9.17, 15) is 5.11 Å². The van der Waals surface area contributed by atoms with Gasteiger partial charge < -0.3 is 20.1 Å². The predicted octanol–water partition coefficient (Wildman–Crippen LogP) is 1.49. The van der Waals surface area contributed by atoms with Gasteiger partial charge in [-0.15, -0.1) is 0 Å². The maximum absolute atomic E-state index is 9.90. The maximum Gasteiger partial charge on any atom is 0.192 e. The third-order valence-electron chi connectivity index (χ3n) is 2.59. The van der Waals surface area contributed by atoms with Gasteiger partial charge >= 0.3 is 0 Å². The monoisotopic (exact) mass is 280 g/mol. The maximum atomic E-state index is 9.90. The number of hydrogen-bond donors (Lipinski definition) is 4. The molecule has 1 aromatic heterocycles. The van der Waals surface area contributed by atoms with Crippen LogP contribution < -0.4 is 10.1 Å². The summed E-state index contributed by atoms with van der Waals surface area (Å²) in [6.07, 6.45) is -0.149. The number of anilines is 1. The van der Waals surface area contributed by atoms with Gasteiger partial charge in [-0.05, 0) is 24.4 Å². The van der Waals surface area contributed by atoms with Gasteiger partial charge in [0.2, 0.25) is 0 Å². The molecule has 0 saturated carbocycles. The molecule has 102 valence electrons. The first kappa shape index (κ1) is 13.6. The Morgan fingerprint density at radius 2 is 2.37 bits per heavy atom. The highest BCUT2D eigenvalue weighted by Crippen LogP contribution is 2.16. The van der Waals surface area contributed by atoms with Crippen molar-refractivity contribution in [1.29, 1.82) is 0 Å². The lowest BCUT2D eigenvalue weighted by Crippen LogP contribution is -2.22. The van der Waals surface area contributed by atoms with Crippen molar-refractivity contribution >= 4 is 17.9 Å². The number of nitrogens with one attached hydrogen (secondary N) is 3. The second-order valence-corrected chi connectivity index (χ2v) is 4.50. The van der Waals surface area contributed by atoms with Crippen LogP contribution >= 0.6 is 12.2 Å². The standard InChI is InChI=1S/C12H16N4O2S/c1-18-10-4-2-3-8(5-10)13-7-9(17)6-11-14-12(19)16-15-11/h2-5,9,13,17H,6-7H2,1H3,(H2,14,15,16,19). The van der Waals surface area contributed by atoms with E-state index in [2.05, 4.69) is 20.5 Å². The van der Waals surface area contributed by atoms with Crippen molar-refractivity contribution in [1.82, 2.24) is 15.2 Å². The molecule has 0 aliphatic carbocycles. The fourth-order valence-corrected chi connectivity index (χ4v) is 1.83. The number of methoxy groups -OCH3 is 1. The molecule has 0 spiro atoms. The molecule has 4 N–H and O–H groups in total. The Morgan fingerprint density at radius 3 is 3.05 bits per heavy atom. The molecule has 0 radical (unpaired) electrons. The van der Waals surface area contributed by atoms with E-state index >= 15 is 0 Å². The van der Waals surface area contributed by atoms with Crippen molar-refractivity contribution < 1.29 is 9.84 Å². The van der Waals surface area contributed by atoms with E-state index in [4.69, 9.17) is 17.0 Å². The molecule has 1 atom stereocenters. The SMILES string of the molecule is COc1cccc(NCC(O)Cc2n[nH]c(=S)[nH]2)c1. The van der Waals surface area contributed by atoms with Gasteiger partial charge in [-0.1, -0.05) is 6.07 Å². The van der Waals surface area contributed by atoms with E-state index in [0.717, 1.165) is 11.4 Å². The molecule has 2 aromatic rings. The summed E-state index contributed by atoms with van der Waals surface area (Å²) in [5.74, 6) is 1.42. The Balaban J connectivity index is 1.85. The number of benzene rings is 1. The number of aromatic amines is 2. The first-order valence-corrected chi connectivity index (χ1v) is 6.28. The Labute approximate surface area is 115 Å². The summed E-state index contributed by atoms with van der Waals surface area (Å²) < 4.78 is 5.59. The van der Waals surface area contributed by atoms with Gasteiger partial charge in [-0.3, -0.25) is 5.10 Å². The number of ether oxygens (including phenoxy) is 1. The van der Waals surface area contributed by atoms with Crippen LogP contribution in [-0.2, 0) is 6.42 Å². The molecule has 0 fully saturated rings. The van der Waals surface area contributed by atoms with Crippen LogP contribution in [0.1, 0.15) is 5.82 Å². The minimum Gasteiger partial charge on any atom is -0.497 e. The summed E-state index contributed by atoms with van der Waals surface area (Å²) in [7, 11) is 1.62. The normalized spacial score (nSPS) is 12.1. The molecule has 1 heterocycles. The highest BCUT2D eigenvalue weighted by atomic mass is 32.1. The van der Waals surface area contributed by atoms with Crippen molar-refractivity contribution in [2.24, 2.45) is 0 Å². The molecular weight excluding hydrogens is 264 g/mol. The summed E-state index contributed by atoms with van der Waals surface area (Å²) in [6, 6.07) is 7.54. The predicted molar refractivity (Wildman–Crippen MR) is 75.0 cm³/mol. The summed E-state index contributed by atoms with van der Waals surface area (Å²) in [5.41, 5.74) is 0.897. The summed E-state index contributed by atoms with van der Waals surface area (Å²) in [5, 5.41) is 19.6. The van der Waals surface area contributed by atoms with Crippen LogP contribution in [0.15, 0.2) is 24.3 Å². The van der Waals surface area contributed by atoms with E-state index in [1.165, 1.54) is 0 Å². The van der Waals surface area contributed by atoms with Gasteiger partial charge in [0.05, 0.1) is 13.2 Å². The fraction of sp³-hybridized carbons (Fsp3) is 0.333. The van der Waals surface area contributed by atoms with Crippen LogP contribution in [0, 0.1) is 4.77 Å². The van der Waals surface area contributed by atoms with Crippen LogP contribution in [0.3, 0.4) is 0 Å². The smallest absolute Gasteiger partial charge is 0.192 e. The molecule has 1 unspecified atom stereocenters. The van der Waals surface area contributed by atoms with Gasteiger partial charge in [0.25, 0.3) is 0 Å². The number of H-pyrrole nitrogens is 2. The zero-order valence-electron chi connectivity index (χ0n) is 10.5. The number of rotatable bonds is 6. The van der Waals surface area contributed by atoms with Crippen molar-refractivity contribution in [3.05, 3.63) is 34.9 Å². The highest BCUT2D eigenvalue weighted by Gasteiger charge is 2.08. The molecule has 0 bridgehead atoms. The number of aromatic nitrogens is 3. The van der Waals surface area contributed by atoms with E-state index in [1.54, 1.807) is 7.11 Å². The number of hydrogen-bond acceptors (Lipinski definition) is 5. The average Bonchev–Trinajstić information content (AvgIpc) is 2.82. The summed E-state index contributed by atoms with van der Waals surface area (Å²) in [6.45, 7) is 0.417. The van der Waals surface area contributed by atoms with Gasteiger partial charge in [0.15, 0.2) is 4.77 Å². The van der Waals surface area contributed by atoms with E-state index < -0.39 is 6.10 Å². The highest BCUT2D eigenvalue weighted by molar-refractivity contribution is 7.71. The Bertz CT molecular complexity index is 581. The molecule has 0 saturated heterocycles. The zero-order valence-corrected chi connectivity index (χ0v) is 11.3. The molecule has 2 rings (SSSR count). The average molecular weight is 280 g/mol. The lowest BCUT2D eigenvalue weighted by molar-refractivity contribution is 0.185. The third kappa shape index (κ3) is 4.08. The summed E-state index contributed by atoms with van der Waals surface area (Å²) in [4.78, 5) is 2.86. The molecule has 6 nitrogen and oxygen atoms in total. The minimum atomic E-state index is -0.555. The third-order valence-corrected chi connectivity index (χ3v) is 2.78. The van der Waals surface area contributed by atoms with Gasteiger partial charge in [0.1, 0.15) is 11.6 Å². The van der Waals surface area contributed by atoms with Crippen molar-refractivity contribution in [2.45, 2.75) is 12.5 Å². The van der Waals surface area contributed by atoms with Crippen molar-refractivity contribution in [2.75, 3.05) is 19.0 Å². The molecule has 0 aliphatic heterocycles. The van der Waals surface area contributed by atoms with Crippen LogP contribution in [0.2, 0.25) is 0 Å². The largest absolute Gasteiger partial charge is 0.497 e. The molecular formula is C12H16N4O2S. The first-order chi connectivity index (χ1) is 9.17.